The van der Waals surface area contributed by atoms with Crippen molar-refractivity contribution in [2.75, 3.05) is 33.4 Å². The minimum atomic E-state index is -0.494. The van der Waals surface area contributed by atoms with E-state index in [0.717, 1.165) is 47.7 Å². The Morgan fingerprint density at radius 1 is 1.03 bits per heavy atom. The first-order valence-electron chi connectivity index (χ1n) is 10.7. The van der Waals surface area contributed by atoms with Crippen LogP contribution in [0.5, 0.6) is 11.5 Å². The molecule has 2 aromatic rings. The fourth-order valence-electron chi connectivity index (χ4n) is 4.42. The molecule has 1 aliphatic rings. The van der Waals surface area contributed by atoms with Gasteiger partial charge in [-0.15, -0.1) is 0 Å². The van der Waals surface area contributed by atoms with E-state index in [1.54, 1.807) is 7.11 Å². The lowest BCUT2D eigenvalue weighted by Gasteiger charge is -2.36. The van der Waals surface area contributed by atoms with Crippen molar-refractivity contribution in [1.29, 1.82) is 0 Å². The minimum Gasteiger partial charge on any atom is -0.497 e. The van der Waals surface area contributed by atoms with E-state index >= 15 is 0 Å². The van der Waals surface area contributed by atoms with Gasteiger partial charge in [0.15, 0.2) is 0 Å². The SMILES string of the molecule is COc1ccc(OC[C@@H](O)C[N+]2(Cc3ccccc3)CCCC2)c(C(C)(C)C)c1. The zero-order valence-electron chi connectivity index (χ0n) is 18.4. The fourth-order valence-corrected chi connectivity index (χ4v) is 4.42. The molecule has 1 aliphatic heterocycles. The molecule has 29 heavy (non-hydrogen) atoms. The normalized spacial score (nSPS) is 17.1. The Bertz CT molecular complexity index is 776. The topological polar surface area (TPSA) is 38.7 Å². The molecule has 0 aliphatic carbocycles. The van der Waals surface area contributed by atoms with Crippen molar-refractivity contribution in [1.82, 2.24) is 0 Å². The fraction of sp³-hybridized carbons (Fsp3) is 0.520. The molecule has 1 atom stereocenters. The molecule has 0 spiro atoms. The van der Waals surface area contributed by atoms with Crippen LogP contribution in [0.25, 0.3) is 0 Å². The van der Waals surface area contributed by atoms with Gasteiger partial charge in [-0.2, -0.15) is 0 Å². The molecule has 1 fully saturated rings. The highest BCUT2D eigenvalue weighted by atomic mass is 16.5. The summed E-state index contributed by atoms with van der Waals surface area (Å²) in [6, 6.07) is 16.5. The third-order valence-corrected chi connectivity index (χ3v) is 5.90. The molecule has 4 nitrogen and oxygen atoms in total. The summed E-state index contributed by atoms with van der Waals surface area (Å²) in [7, 11) is 1.68. The zero-order chi connectivity index (χ0) is 20.9. The number of nitrogens with zero attached hydrogens (tertiary/aromatic N) is 1. The number of hydrogen-bond donors (Lipinski definition) is 1. The van der Waals surface area contributed by atoms with Crippen LogP contribution in [-0.2, 0) is 12.0 Å². The van der Waals surface area contributed by atoms with Crippen molar-refractivity contribution in [3.8, 4) is 11.5 Å². The van der Waals surface area contributed by atoms with Crippen LogP contribution in [-0.4, -0.2) is 49.0 Å². The number of methoxy groups -OCH3 is 1. The van der Waals surface area contributed by atoms with Crippen LogP contribution in [0, 0.1) is 0 Å². The Morgan fingerprint density at radius 3 is 2.34 bits per heavy atom. The van der Waals surface area contributed by atoms with Crippen molar-refractivity contribution in [3.63, 3.8) is 0 Å². The van der Waals surface area contributed by atoms with Crippen LogP contribution in [0.4, 0.5) is 0 Å². The smallest absolute Gasteiger partial charge is 0.137 e. The highest BCUT2D eigenvalue weighted by Gasteiger charge is 2.34. The molecule has 158 valence electrons. The van der Waals surface area contributed by atoms with Crippen molar-refractivity contribution in [3.05, 3.63) is 59.7 Å². The van der Waals surface area contributed by atoms with Crippen LogP contribution in [0.3, 0.4) is 0 Å². The first-order valence-corrected chi connectivity index (χ1v) is 10.7. The molecular weight excluding hydrogens is 362 g/mol. The molecule has 3 rings (SSSR count). The number of quaternary nitrogens is 1. The molecular formula is C25H36NO3+. The molecule has 0 radical (unpaired) electrons. The van der Waals surface area contributed by atoms with E-state index < -0.39 is 6.10 Å². The van der Waals surface area contributed by atoms with Crippen LogP contribution in [0.2, 0.25) is 0 Å². The summed E-state index contributed by atoms with van der Waals surface area (Å²) in [6.07, 6.45) is 1.96. The molecule has 4 heteroatoms. The molecule has 2 aromatic carbocycles. The first-order chi connectivity index (χ1) is 13.8. The van der Waals surface area contributed by atoms with Gasteiger partial charge in [-0.1, -0.05) is 51.1 Å². The van der Waals surface area contributed by atoms with Crippen LogP contribution >= 0.6 is 0 Å². The van der Waals surface area contributed by atoms with Crippen molar-refractivity contribution in [2.24, 2.45) is 0 Å². The standard InChI is InChI=1S/C25H36NO3/c1-25(2,3)23-16-22(28-4)12-13-24(23)29-19-21(27)18-26(14-8-9-15-26)17-20-10-6-5-7-11-20/h5-7,10-13,16,21,27H,8-9,14-15,17-19H2,1-4H3/q+1/t21-/m0/s1. The van der Waals surface area contributed by atoms with Crippen molar-refractivity contribution in [2.45, 2.75) is 51.7 Å². The van der Waals surface area contributed by atoms with Gasteiger partial charge in [-0.3, -0.25) is 0 Å². The van der Waals surface area contributed by atoms with Gasteiger partial charge in [0, 0.05) is 24.0 Å². The summed E-state index contributed by atoms with van der Waals surface area (Å²) in [4.78, 5) is 0. The predicted molar refractivity (Wildman–Crippen MR) is 117 cm³/mol. The number of aliphatic hydroxyl groups is 1. The summed E-state index contributed by atoms with van der Waals surface area (Å²) in [5.74, 6) is 1.65. The lowest BCUT2D eigenvalue weighted by Crippen LogP contribution is -2.50. The maximum atomic E-state index is 10.8. The minimum absolute atomic E-state index is 0.0646. The van der Waals surface area contributed by atoms with E-state index in [4.69, 9.17) is 9.47 Å². The van der Waals surface area contributed by atoms with E-state index in [2.05, 4.69) is 51.1 Å². The van der Waals surface area contributed by atoms with Crippen molar-refractivity contribution < 1.29 is 19.1 Å². The second-order valence-electron chi connectivity index (χ2n) is 9.40. The first kappa shape index (κ1) is 21.7. The highest BCUT2D eigenvalue weighted by Crippen LogP contribution is 2.34. The highest BCUT2D eigenvalue weighted by molar-refractivity contribution is 5.44. The van der Waals surface area contributed by atoms with E-state index in [9.17, 15) is 5.11 Å². The quantitative estimate of drug-likeness (QED) is 0.664. The Hall–Kier alpha value is -2.04. The monoisotopic (exact) mass is 398 g/mol. The molecule has 0 bridgehead atoms. The predicted octanol–water partition coefficient (Wildman–Crippen LogP) is 4.54. The average molecular weight is 399 g/mol. The molecule has 1 saturated heterocycles. The Morgan fingerprint density at radius 2 is 1.72 bits per heavy atom. The van der Waals surface area contributed by atoms with Gasteiger partial charge in [0.2, 0.25) is 0 Å². The summed E-state index contributed by atoms with van der Waals surface area (Å²) in [5.41, 5.74) is 2.37. The van der Waals surface area contributed by atoms with Gasteiger partial charge in [0.25, 0.3) is 0 Å². The number of benzene rings is 2. The molecule has 1 heterocycles. The van der Waals surface area contributed by atoms with Crippen LogP contribution < -0.4 is 9.47 Å². The maximum Gasteiger partial charge on any atom is 0.137 e. The van der Waals surface area contributed by atoms with Crippen LogP contribution in [0.1, 0.15) is 44.7 Å². The number of ether oxygens (including phenoxy) is 2. The van der Waals surface area contributed by atoms with Gasteiger partial charge in [-0.05, 0) is 23.6 Å². The average Bonchev–Trinajstić information content (AvgIpc) is 3.14. The summed E-state index contributed by atoms with van der Waals surface area (Å²) < 4.78 is 12.4. The van der Waals surface area contributed by atoms with E-state index in [1.165, 1.54) is 18.4 Å². The summed E-state index contributed by atoms with van der Waals surface area (Å²) in [6.45, 7) is 10.8. The number of likely N-dealkylation sites (tertiary alicyclic amines) is 1. The summed E-state index contributed by atoms with van der Waals surface area (Å²) in [5, 5.41) is 10.8. The van der Waals surface area contributed by atoms with Crippen LogP contribution in [0.15, 0.2) is 48.5 Å². The van der Waals surface area contributed by atoms with E-state index in [-0.39, 0.29) is 5.41 Å². The second kappa shape index (κ2) is 9.19. The largest absolute Gasteiger partial charge is 0.497 e. The third-order valence-electron chi connectivity index (χ3n) is 5.90. The van der Waals surface area contributed by atoms with Gasteiger partial charge < -0.3 is 19.1 Å². The molecule has 0 saturated carbocycles. The maximum absolute atomic E-state index is 10.8. The Balaban J connectivity index is 1.66. The molecule has 0 amide bonds. The number of rotatable bonds is 8. The van der Waals surface area contributed by atoms with Gasteiger partial charge in [0.1, 0.15) is 37.3 Å². The van der Waals surface area contributed by atoms with Gasteiger partial charge in [0.05, 0.1) is 20.2 Å². The Labute approximate surface area is 175 Å². The lowest BCUT2D eigenvalue weighted by atomic mass is 9.86. The van der Waals surface area contributed by atoms with E-state index in [1.807, 2.05) is 18.2 Å². The van der Waals surface area contributed by atoms with Crippen molar-refractivity contribution >= 4 is 0 Å². The summed E-state index contributed by atoms with van der Waals surface area (Å²) >= 11 is 0. The lowest BCUT2D eigenvalue weighted by molar-refractivity contribution is -0.932. The molecule has 1 N–H and O–H groups in total. The zero-order valence-corrected chi connectivity index (χ0v) is 18.4. The number of aliphatic hydroxyl groups excluding tert-OH is 1. The van der Waals surface area contributed by atoms with E-state index in [0.29, 0.717) is 6.61 Å². The molecule has 0 aromatic heterocycles. The third kappa shape index (κ3) is 5.74. The van der Waals surface area contributed by atoms with Gasteiger partial charge in [-0.25, -0.2) is 0 Å². The number of hydrogen-bond acceptors (Lipinski definition) is 3. The second-order valence-corrected chi connectivity index (χ2v) is 9.40. The molecule has 0 unspecified atom stereocenters. The van der Waals surface area contributed by atoms with Gasteiger partial charge >= 0.3 is 0 Å². The Kier molecular flexibility index (Phi) is 6.86.